The number of benzene rings is 4. The van der Waals surface area contributed by atoms with Crippen molar-refractivity contribution in [3.05, 3.63) is 66.7 Å². The lowest BCUT2D eigenvalue weighted by molar-refractivity contribution is 0.361. The van der Waals surface area contributed by atoms with Crippen molar-refractivity contribution in [3.8, 4) is 5.75 Å². The lowest BCUT2D eigenvalue weighted by Crippen LogP contribution is -1.81. The summed E-state index contributed by atoms with van der Waals surface area (Å²) in [5.41, 5.74) is 0. The van der Waals surface area contributed by atoms with Crippen LogP contribution in [0.5, 0.6) is 5.75 Å². The van der Waals surface area contributed by atoms with Crippen LogP contribution in [0, 0.1) is 0 Å². The molecule has 0 saturated heterocycles. The van der Waals surface area contributed by atoms with Gasteiger partial charge < -0.3 is 0 Å². The first-order chi connectivity index (χ1) is 9.34. The first-order valence-corrected chi connectivity index (χ1v) is 6.35. The largest absolute Gasteiger partial charge is 0.289 e. The highest BCUT2D eigenvalue weighted by molar-refractivity contribution is 6.21. The normalized spacial score (nSPS) is 11.4. The molecular weight excluding hydrogens is 232 g/mol. The number of fused-ring (bicyclic) bond motifs is 5. The smallest absolute Gasteiger partial charge is 0.187 e. The summed E-state index contributed by atoms with van der Waals surface area (Å²) in [6.45, 7) is 0. The number of hydrogen-bond acceptors (Lipinski definition) is 0. The van der Waals surface area contributed by atoms with E-state index in [4.69, 9.17) is 0 Å². The fraction of sp³-hybridized carbons (Fsp3) is 0. The Morgan fingerprint density at radius 2 is 1.21 bits per heavy atom. The molecule has 4 aromatic carbocycles. The van der Waals surface area contributed by atoms with Crippen LogP contribution in [-0.4, -0.2) is 0 Å². The van der Waals surface area contributed by atoms with E-state index in [0.29, 0.717) is 0 Å². The molecule has 0 fully saturated rings. The summed E-state index contributed by atoms with van der Waals surface area (Å²) in [4.78, 5) is 0. The molecule has 0 aliphatic rings. The van der Waals surface area contributed by atoms with Gasteiger partial charge >= 0.3 is 0 Å². The Labute approximate surface area is 110 Å². The second-order valence-corrected chi connectivity index (χ2v) is 4.81. The minimum absolute atomic E-state index is 0.0957. The van der Waals surface area contributed by atoms with Crippen molar-refractivity contribution in [2.45, 2.75) is 0 Å². The highest BCUT2D eigenvalue weighted by atomic mass is 16.3. The quantitative estimate of drug-likeness (QED) is 0.374. The van der Waals surface area contributed by atoms with Crippen LogP contribution in [-0.2, 0) is 5.11 Å². The fourth-order valence-electron chi connectivity index (χ4n) is 2.84. The maximum atomic E-state index is 12.1. The Hall–Kier alpha value is -2.54. The van der Waals surface area contributed by atoms with Gasteiger partial charge in [0, 0.05) is 5.39 Å². The zero-order valence-electron chi connectivity index (χ0n) is 10.3. The third kappa shape index (κ3) is 1.42. The Morgan fingerprint density at radius 3 is 2.05 bits per heavy atom. The van der Waals surface area contributed by atoms with E-state index in [-0.39, 0.29) is 5.75 Å². The van der Waals surface area contributed by atoms with E-state index in [0.717, 1.165) is 16.2 Å². The molecule has 0 N–H and O–H groups in total. The van der Waals surface area contributed by atoms with Crippen molar-refractivity contribution in [2.75, 3.05) is 0 Å². The summed E-state index contributed by atoms with van der Waals surface area (Å²) in [7, 11) is 0. The molecule has 0 aliphatic carbocycles. The van der Waals surface area contributed by atoms with Gasteiger partial charge in [0.25, 0.3) is 0 Å². The van der Waals surface area contributed by atoms with Crippen LogP contribution < -0.4 is 0 Å². The van der Waals surface area contributed by atoms with Crippen molar-refractivity contribution in [2.24, 2.45) is 0 Å². The minimum atomic E-state index is 0.0957. The molecule has 0 aromatic heterocycles. The molecule has 1 heteroatoms. The van der Waals surface area contributed by atoms with Crippen LogP contribution in [0.1, 0.15) is 0 Å². The molecule has 4 aromatic rings. The van der Waals surface area contributed by atoms with E-state index in [9.17, 15) is 5.11 Å². The first kappa shape index (κ1) is 10.4. The van der Waals surface area contributed by atoms with E-state index in [1.54, 1.807) is 6.07 Å². The lowest BCUT2D eigenvalue weighted by Gasteiger charge is -2.08. The molecule has 0 spiro atoms. The molecule has 19 heavy (non-hydrogen) atoms. The van der Waals surface area contributed by atoms with E-state index < -0.39 is 0 Å². The van der Waals surface area contributed by atoms with Gasteiger partial charge in [-0.25, -0.2) is 0 Å². The van der Waals surface area contributed by atoms with Gasteiger partial charge in [0.05, 0.1) is 0 Å². The van der Waals surface area contributed by atoms with Gasteiger partial charge in [-0.1, -0.05) is 60.7 Å². The highest BCUT2D eigenvalue weighted by Gasteiger charge is 2.09. The topological polar surface area (TPSA) is 19.9 Å². The molecule has 0 bridgehead atoms. The third-order valence-corrected chi connectivity index (χ3v) is 3.71. The maximum Gasteiger partial charge on any atom is 0.187 e. The molecule has 0 atom stereocenters. The number of rotatable bonds is 0. The summed E-state index contributed by atoms with van der Waals surface area (Å²) in [6.07, 6.45) is 0. The van der Waals surface area contributed by atoms with Crippen LogP contribution in [0.25, 0.3) is 32.3 Å². The van der Waals surface area contributed by atoms with E-state index >= 15 is 0 Å². The van der Waals surface area contributed by atoms with E-state index in [2.05, 4.69) is 18.2 Å². The average molecular weight is 243 g/mol. The summed E-state index contributed by atoms with van der Waals surface area (Å²) < 4.78 is 0. The SMILES string of the molecule is [O]c1cc2ccc3ccccc3c2c2ccccc12. The van der Waals surface area contributed by atoms with E-state index in [1.807, 2.05) is 42.5 Å². The Bertz CT molecular complexity index is 922. The summed E-state index contributed by atoms with van der Waals surface area (Å²) >= 11 is 0. The standard InChI is InChI=1S/C18H11O/c19-17-11-13-10-9-12-5-1-2-6-14(12)18(13)16-8-4-3-7-15(16)17/h1-11H. The second kappa shape index (κ2) is 3.72. The van der Waals surface area contributed by atoms with Gasteiger partial charge in [0.2, 0.25) is 0 Å². The monoisotopic (exact) mass is 243 g/mol. The van der Waals surface area contributed by atoms with Crippen LogP contribution in [0.15, 0.2) is 66.7 Å². The third-order valence-electron chi connectivity index (χ3n) is 3.71. The second-order valence-electron chi connectivity index (χ2n) is 4.81. The van der Waals surface area contributed by atoms with E-state index in [1.165, 1.54) is 16.2 Å². The van der Waals surface area contributed by atoms with Crippen LogP contribution in [0.3, 0.4) is 0 Å². The average Bonchev–Trinajstić information content (AvgIpc) is 2.47. The lowest BCUT2D eigenvalue weighted by atomic mass is 9.96. The Balaban J connectivity index is 2.39. The summed E-state index contributed by atoms with van der Waals surface area (Å²) in [5.74, 6) is 0.0957. The van der Waals surface area contributed by atoms with Gasteiger partial charge in [-0.3, -0.25) is 5.11 Å². The maximum absolute atomic E-state index is 12.1. The van der Waals surface area contributed by atoms with Gasteiger partial charge in [0.15, 0.2) is 5.75 Å². The highest BCUT2D eigenvalue weighted by Crippen LogP contribution is 2.36. The molecular formula is C18H11O. The van der Waals surface area contributed by atoms with Crippen molar-refractivity contribution >= 4 is 32.3 Å². The molecule has 1 nitrogen and oxygen atoms in total. The summed E-state index contributed by atoms with van der Waals surface area (Å²) in [6, 6.07) is 22.0. The molecule has 4 rings (SSSR count). The minimum Gasteiger partial charge on any atom is -0.289 e. The van der Waals surface area contributed by atoms with Crippen molar-refractivity contribution in [1.29, 1.82) is 0 Å². The van der Waals surface area contributed by atoms with Crippen LogP contribution >= 0.6 is 0 Å². The molecule has 0 amide bonds. The van der Waals surface area contributed by atoms with Crippen LogP contribution in [0.4, 0.5) is 0 Å². The predicted molar refractivity (Wildman–Crippen MR) is 79.1 cm³/mol. The van der Waals surface area contributed by atoms with Gasteiger partial charge in [-0.05, 0) is 33.0 Å². The number of hydrogen-bond donors (Lipinski definition) is 0. The van der Waals surface area contributed by atoms with Crippen molar-refractivity contribution in [3.63, 3.8) is 0 Å². The summed E-state index contributed by atoms with van der Waals surface area (Å²) in [5, 5.41) is 18.6. The van der Waals surface area contributed by atoms with Crippen LogP contribution in [0.2, 0.25) is 0 Å². The zero-order valence-corrected chi connectivity index (χ0v) is 10.3. The predicted octanol–water partition coefficient (Wildman–Crippen LogP) is 5.29. The zero-order chi connectivity index (χ0) is 12.8. The molecule has 0 aliphatic heterocycles. The molecule has 0 unspecified atom stereocenters. The van der Waals surface area contributed by atoms with Crippen molar-refractivity contribution in [1.82, 2.24) is 0 Å². The molecule has 0 heterocycles. The molecule has 0 saturated carbocycles. The Morgan fingerprint density at radius 1 is 0.579 bits per heavy atom. The van der Waals surface area contributed by atoms with Gasteiger partial charge in [0.1, 0.15) is 0 Å². The fourth-order valence-corrected chi connectivity index (χ4v) is 2.84. The molecule has 1 radical (unpaired) electrons. The van der Waals surface area contributed by atoms with Gasteiger partial charge in [-0.2, -0.15) is 0 Å². The van der Waals surface area contributed by atoms with Crippen molar-refractivity contribution < 1.29 is 5.11 Å². The first-order valence-electron chi connectivity index (χ1n) is 6.35. The Kier molecular flexibility index (Phi) is 2.04. The van der Waals surface area contributed by atoms with Gasteiger partial charge in [-0.15, -0.1) is 0 Å². The molecule has 89 valence electrons.